The molecule has 1 amide bonds. The van der Waals surface area contributed by atoms with Gasteiger partial charge < -0.3 is 24.4 Å². The SMILES string of the molecule is CCN(CC)CCCN1C(=O)C(=O)/C(=C(/O)c2ccc3c(c2)C[C@H](C)O3)[C@H]1c1ccc(OCc2ccccc2)cc1. The second-order valence-electron chi connectivity index (χ2n) is 10.7. The molecule has 0 aromatic heterocycles. The Morgan fingerprint density at radius 3 is 2.46 bits per heavy atom. The van der Waals surface area contributed by atoms with E-state index >= 15 is 0 Å². The third-order valence-corrected chi connectivity index (χ3v) is 7.92. The van der Waals surface area contributed by atoms with Gasteiger partial charge in [-0.1, -0.05) is 56.3 Å². The minimum absolute atomic E-state index is 0.0569. The normalized spacial score (nSPS) is 19.5. The number of carbonyl (C=O) groups excluding carboxylic acids is 2. The summed E-state index contributed by atoms with van der Waals surface area (Å²) in [5.41, 5.74) is 3.41. The molecule has 3 aromatic carbocycles. The molecule has 7 nitrogen and oxygen atoms in total. The summed E-state index contributed by atoms with van der Waals surface area (Å²) in [4.78, 5) is 30.7. The molecular weight excluding hydrogens is 516 g/mol. The lowest BCUT2D eigenvalue weighted by atomic mass is 9.94. The second-order valence-corrected chi connectivity index (χ2v) is 10.7. The van der Waals surface area contributed by atoms with Crippen molar-refractivity contribution in [3.8, 4) is 11.5 Å². The lowest BCUT2D eigenvalue weighted by Gasteiger charge is -2.27. The van der Waals surface area contributed by atoms with Crippen molar-refractivity contribution in [3.63, 3.8) is 0 Å². The van der Waals surface area contributed by atoms with Crippen LogP contribution in [0.3, 0.4) is 0 Å². The molecule has 3 aromatic rings. The largest absolute Gasteiger partial charge is 0.507 e. The van der Waals surface area contributed by atoms with E-state index in [4.69, 9.17) is 9.47 Å². The summed E-state index contributed by atoms with van der Waals surface area (Å²) in [6.07, 6.45) is 1.50. The smallest absolute Gasteiger partial charge is 0.295 e. The average Bonchev–Trinajstić information content (AvgIpc) is 3.49. The first-order valence-electron chi connectivity index (χ1n) is 14.5. The number of aliphatic hydroxyl groups is 1. The zero-order chi connectivity index (χ0) is 28.9. The van der Waals surface area contributed by atoms with Crippen molar-refractivity contribution in [1.82, 2.24) is 9.80 Å². The Morgan fingerprint density at radius 1 is 1.02 bits per heavy atom. The Bertz CT molecular complexity index is 1410. The summed E-state index contributed by atoms with van der Waals surface area (Å²) in [6.45, 7) is 9.72. The van der Waals surface area contributed by atoms with E-state index < -0.39 is 17.7 Å². The standard InChI is InChI=1S/C34H38N2O5/c1-4-35(5-2)18-9-19-36-31(25-12-15-28(16-13-25)40-22-24-10-7-6-8-11-24)30(33(38)34(36)39)32(37)26-14-17-29-27(21-26)20-23(3)41-29/h6-8,10-17,21,23,31,37H,4-5,9,18-20,22H2,1-3H3/b32-30+/t23-,31+/m0/s1. The molecule has 0 bridgehead atoms. The van der Waals surface area contributed by atoms with E-state index in [2.05, 4.69) is 18.7 Å². The van der Waals surface area contributed by atoms with Gasteiger partial charge in [-0.15, -0.1) is 0 Å². The number of hydrogen-bond donors (Lipinski definition) is 1. The number of carbonyl (C=O) groups is 2. The third-order valence-electron chi connectivity index (χ3n) is 7.92. The van der Waals surface area contributed by atoms with Gasteiger partial charge in [0.1, 0.15) is 30.0 Å². The first-order chi connectivity index (χ1) is 19.9. The van der Waals surface area contributed by atoms with Crippen molar-refractivity contribution >= 4 is 17.4 Å². The van der Waals surface area contributed by atoms with Crippen LogP contribution in [0.1, 0.15) is 55.5 Å². The molecule has 1 fully saturated rings. The number of likely N-dealkylation sites (tertiary alicyclic amines) is 1. The summed E-state index contributed by atoms with van der Waals surface area (Å²) in [7, 11) is 0. The average molecular weight is 555 g/mol. The van der Waals surface area contributed by atoms with E-state index in [-0.39, 0.29) is 17.4 Å². The number of ketones is 1. The number of hydrogen-bond acceptors (Lipinski definition) is 6. The highest BCUT2D eigenvalue weighted by Gasteiger charge is 2.46. The Hall–Kier alpha value is -4.10. The van der Waals surface area contributed by atoms with E-state index in [1.54, 1.807) is 11.0 Å². The summed E-state index contributed by atoms with van der Waals surface area (Å²) < 4.78 is 11.8. The molecule has 0 saturated carbocycles. The van der Waals surface area contributed by atoms with E-state index in [9.17, 15) is 14.7 Å². The molecule has 0 unspecified atom stereocenters. The van der Waals surface area contributed by atoms with E-state index in [1.807, 2.05) is 73.7 Å². The topological polar surface area (TPSA) is 79.3 Å². The van der Waals surface area contributed by atoms with Gasteiger partial charge in [0.15, 0.2) is 0 Å². The summed E-state index contributed by atoms with van der Waals surface area (Å²) in [5.74, 6) is 0.0622. The highest BCUT2D eigenvalue weighted by molar-refractivity contribution is 6.46. The Balaban J connectivity index is 1.46. The third kappa shape index (κ3) is 6.15. The predicted octanol–water partition coefficient (Wildman–Crippen LogP) is 5.74. The molecule has 0 radical (unpaired) electrons. The fourth-order valence-corrected chi connectivity index (χ4v) is 5.67. The second kappa shape index (κ2) is 12.6. The summed E-state index contributed by atoms with van der Waals surface area (Å²) in [6, 6.07) is 22.1. The molecule has 41 heavy (non-hydrogen) atoms. The van der Waals surface area contributed by atoms with Gasteiger partial charge in [-0.2, -0.15) is 0 Å². The van der Waals surface area contributed by atoms with Crippen LogP contribution in [-0.2, 0) is 22.6 Å². The van der Waals surface area contributed by atoms with Gasteiger partial charge in [0.05, 0.1) is 11.6 Å². The molecule has 1 saturated heterocycles. The quantitative estimate of drug-likeness (QED) is 0.185. The van der Waals surface area contributed by atoms with Crippen molar-refractivity contribution in [2.75, 3.05) is 26.2 Å². The molecule has 2 heterocycles. The molecule has 7 heteroatoms. The van der Waals surface area contributed by atoms with Crippen LogP contribution in [0.15, 0.2) is 78.4 Å². The van der Waals surface area contributed by atoms with Gasteiger partial charge in [-0.25, -0.2) is 0 Å². The predicted molar refractivity (Wildman–Crippen MR) is 159 cm³/mol. The first-order valence-corrected chi connectivity index (χ1v) is 14.5. The number of aliphatic hydroxyl groups excluding tert-OH is 1. The molecule has 5 rings (SSSR count). The maximum absolute atomic E-state index is 13.5. The highest BCUT2D eigenvalue weighted by atomic mass is 16.5. The van der Waals surface area contributed by atoms with Crippen LogP contribution in [0.5, 0.6) is 11.5 Å². The zero-order valence-corrected chi connectivity index (χ0v) is 24.0. The number of fused-ring (bicyclic) bond motifs is 1. The van der Waals surface area contributed by atoms with Crippen LogP contribution >= 0.6 is 0 Å². The van der Waals surface area contributed by atoms with Crippen LogP contribution in [0.4, 0.5) is 0 Å². The minimum atomic E-state index is -0.696. The molecule has 2 aliphatic heterocycles. The minimum Gasteiger partial charge on any atom is -0.507 e. The van der Waals surface area contributed by atoms with Gasteiger partial charge in [0.25, 0.3) is 11.7 Å². The number of rotatable bonds is 11. The number of amides is 1. The van der Waals surface area contributed by atoms with E-state index in [1.165, 1.54) is 0 Å². The maximum Gasteiger partial charge on any atom is 0.295 e. The van der Waals surface area contributed by atoms with Crippen LogP contribution in [-0.4, -0.2) is 58.9 Å². The molecule has 0 spiro atoms. The Labute approximate surface area is 242 Å². The molecule has 0 aliphatic carbocycles. The van der Waals surface area contributed by atoms with Gasteiger partial charge >= 0.3 is 0 Å². The van der Waals surface area contributed by atoms with E-state index in [0.29, 0.717) is 24.5 Å². The Kier molecular flexibility index (Phi) is 8.74. The fraction of sp³-hybridized carbons (Fsp3) is 0.353. The number of nitrogens with zero attached hydrogens (tertiary/aromatic N) is 2. The first kappa shape index (κ1) is 28.4. The van der Waals surface area contributed by atoms with E-state index in [0.717, 1.165) is 54.9 Å². The zero-order valence-electron chi connectivity index (χ0n) is 24.0. The van der Waals surface area contributed by atoms with Gasteiger partial charge in [-0.05, 0) is 80.0 Å². The van der Waals surface area contributed by atoms with Crippen molar-refractivity contribution in [2.24, 2.45) is 0 Å². The molecule has 2 aliphatic rings. The van der Waals surface area contributed by atoms with Gasteiger partial charge in [0, 0.05) is 18.5 Å². The summed E-state index contributed by atoms with van der Waals surface area (Å²) in [5, 5.41) is 11.5. The van der Waals surface area contributed by atoms with Crippen LogP contribution in [0.2, 0.25) is 0 Å². The fourth-order valence-electron chi connectivity index (χ4n) is 5.67. The van der Waals surface area contributed by atoms with Crippen LogP contribution in [0.25, 0.3) is 5.76 Å². The monoisotopic (exact) mass is 554 g/mol. The maximum atomic E-state index is 13.5. The Morgan fingerprint density at radius 2 is 1.76 bits per heavy atom. The van der Waals surface area contributed by atoms with Gasteiger partial charge in [0.2, 0.25) is 0 Å². The van der Waals surface area contributed by atoms with Crippen molar-refractivity contribution in [3.05, 3.63) is 101 Å². The lowest BCUT2D eigenvalue weighted by molar-refractivity contribution is -0.140. The van der Waals surface area contributed by atoms with Crippen molar-refractivity contribution in [1.29, 1.82) is 0 Å². The lowest BCUT2D eigenvalue weighted by Crippen LogP contribution is -2.33. The number of benzene rings is 3. The van der Waals surface area contributed by atoms with Crippen molar-refractivity contribution in [2.45, 2.75) is 52.4 Å². The van der Waals surface area contributed by atoms with Crippen LogP contribution < -0.4 is 9.47 Å². The van der Waals surface area contributed by atoms with Crippen molar-refractivity contribution < 1.29 is 24.2 Å². The van der Waals surface area contributed by atoms with Crippen LogP contribution in [0, 0.1) is 0 Å². The summed E-state index contributed by atoms with van der Waals surface area (Å²) >= 11 is 0. The molecule has 214 valence electrons. The number of Topliss-reactive ketones (excluding diaryl/α,β-unsaturated/α-hetero) is 1. The highest BCUT2D eigenvalue weighted by Crippen LogP contribution is 2.41. The molecule has 2 atom stereocenters. The van der Waals surface area contributed by atoms with Gasteiger partial charge in [-0.3, -0.25) is 9.59 Å². The number of ether oxygens (including phenoxy) is 2. The molecule has 1 N–H and O–H groups in total. The molecular formula is C34H38N2O5.